The molecule has 4 rings (SSSR count). The average Bonchev–Trinajstić information content (AvgIpc) is 3.12. The van der Waals surface area contributed by atoms with E-state index < -0.39 is 32.2 Å². The zero-order chi connectivity index (χ0) is 22.2. The quantitative estimate of drug-likeness (QED) is 0.641. The van der Waals surface area contributed by atoms with Crippen LogP contribution in [0.3, 0.4) is 0 Å². The number of halogens is 1. The summed E-state index contributed by atoms with van der Waals surface area (Å²) in [6.45, 7) is 0.262. The van der Waals surface area contributed by atoms with Crippen LogP contribution in [0.5, 0.6) is 5.75 Å². The number of hydrogen-bond acceptors (Lipinski definition) is 6. The number of rotatable bonds is 5. The molecule has 31 heavy (non-hydrogen) atoms. The second-order valence-electron chi connectivity index (χ2n) is 7.46. The van der Waals surface area contributed by atoms with E-state index in [9.17, 15) is 16.8 Å². The molecule has 168 valence electrons. The van der Waals surface area contributed by atoms with Crippen LogP contribution in [0.4, 0.5) is 0 Å². The molecule has 0 amide bonds. The van der Waals surface area contributed by atoms with Crippen LogP contribution in [0.25, 0.3) is 0 Å². The third-order valence-corrected chi connectivity index (χ3v) is 9.45. The van der Waals surface area contributed by atoms with E-state index in [1.165, 1.54) is 32.9 Å². The largest absolute Gasteiger partial charge is 0.497 e. The van der Waals surface area contributed by atoms with E-state index >= 15 is 0 Å². The maximum Gasteiger partial charge on any atom is 0.243 e. The molecule has 8 nitrogen and oxygen atoms in total. The van der Waals surface area contributed by atoms with E-state index in [4.69, 9.17) is 21.1 Å². The van der Waals surface area contributed by atoms with Crippen molar-refractivity contribution in [1.29, 1.82) is 0 Å². The van der Waals surface area contributed by atoms with Gasteiger partial charge < -0.3 is 9.47 Å². The summed E-state index contributed by atoms with van der Waals surface area (Å²) < 4.78 is 65.8. The second kappa shape index (κ2) is 8.68. The van der Waals surface area contributed by atoms with Crippen LogP contribution in [-0.2, 0) is 31.3 Å². The van der Waals surface area contributed by atoms with E-state index in [2.05, 4.69) is 0 Å². The van der Waals surface area contributed by atoms with Crippen LogP contribution < -0.4 is 4.74 Å². The molecule has 2 aliphatic heterocycles. The fourth-order valence-corrected chi connectivity index (χ4v) is 6.97. The van der Waals surface area contributed by atoms with Gasteiger partial charge in [-0.3, -0.25) is 0 Å². The van der Waals surface area contributed by atoms with Gasteiger partial charge in [-0.2, -0.15) is 8.61 Å². The first kappa shape index (κ1) is 22.5. The van der Waals surface area contributed by atoms with Gasteiger partial charge in [0.25, 0.3) is 0 Å². The number of nitrogens with zero attached hydrogens (tertiary/aromatic N) is 2. The van der Waals surface area contributed by atoms with Gasteiger partial charge in [0, 0.05) is 24.7 Å². The number of fused-ring (bicyclic) bond motifs is 1. The van der Waals surface area contributed by atoms with Crippen LogP contribution in [0.15, 0.2) is 53.4 Å². The molecule has 0 aliphatic carbocycles. The molecule has 0 aromatic heterocycles. The zero-order valence-corrected chi connectivity index (χ0v) is 19.2. The lowest BCUT2D eigenvalue weighted by Gasteiger charge is -2.28. The van der Waals surface area contributed by atoms with Crippen LogP contribution in [-0.4, -0.2) is 70.2 Å². The van der Waals surface area contributed by atoms with Crippen molar-refractivity contribution in [2.75, 3.05) is 32.6 Å². The predicted octanol–water partition coefficient (Wildman–Crippen LogP) is 1.95. The lowest BCUT2D eigenvalue weighted by Crippen LogP contribution is -2.45. The average molecular weight is 487 g/mol. The number of hydrogen-bond donors (Lipinski definition) is 0. The molecule has 2 heterocycles. The maximum atomic E-state index is 13.1. The van der Waals surface area contributed by atoms with Crippen molar-refractivity contribution in [3.63, 3.8) is 0 Å². The van der Waals surface area contributed by atoms with Crippen molar-refractivity contribution < 1.29 is 26.3 Å². The highest BCUT2D eigenvalue weighted by Crippen LogP contribution is 2.31. The summed E-state index contributed by atoms with van der Waals surface area (Å²) in [7, 11) is -5.88. The van der Waals surface area contributed by atoms with Crippen molar-refractivity contribution in [2.45, 2.75) is 23.6 Å². The van der Waals surface area contributed by atoms with E-state index in [-0.39, 0.29) is 36.9 Å². The van der Waals surface area contributed by atoms with Crippen molar-refractivity contribution >= 4 is 31.6 Å². The predicted molar refractivity (Wildman–Crippen MR) is 116 cm³/mol. The first-order valence-corrected chi connectivity index (χ1v) is 13.1. The van der Waals surface area contributed by atoms with Gasteiger partial charge in [-0.15, -0.1) is 0 Å². The van der Waals surface area contributed by atoms with E-state index in [1.54, 1.807) is 31.4 Å². The molecule has 2 fully saturated rings. The Hall–Kier alpha value is -1.69. The van der Waals surface area contributed by atoms with E-state index in [1.807, 2.05) is 0 Å². The topological polar surface area (TPSA) is 93.2 Å². The summed E-state index contributed by atoms with van der Waals surface area (Å²) in [6, 6.07) is 12.4. The lowest BCUT2D eigenvalue weighted by molar-refractivity contribution is 0.0480. The minimum Gasteiger partial charge on any atom is -0.497 e. The maximum absolute atomic E-state index is 13.1. The Morgan fingerprint density at radius 1 is 1.10 bits per heavy atom. The normalized spacial score (nSPS) is 24.5. The summed E-state index contributed by atoms with van der Waals surface area (Å²) >= 11 is 5.88. The van der Waals surface area contributed by atoms with Crippen molar-refractivity contribution in [1.82, 2.24) is 8.61 Å². The lowest BCUT2D eigenvalue weighted by atomic mass is 10.1. The summed E-state index contributed by atoms with van der Waals surface area (Å²) in [5.41, 5.74) is 0.782. The third-order valence-electron chi connectivity index (χ3n) is 5.55. The first-order chi connectivity index (χ1) is 14.7. The van der Waals surface area contributed by atoms with Gasteiger partial charge in [0.05, 0.1) is 36.5 Å². The molecule has 2 aromatic rings. The molecule has 2 saturated heterocycles. The van der Waals surface area contributed by atoms with Crippen LogP contribution in [0, 0.1) is 0 Å². The number of ether oxygens (including phenoxy) is 2. The van der Waals surface area contributed by atoms with Gasteiger partial charge >= 0.3 is 0 Å². The third kappa shape index (κ3) is 4.59. The standard InChI is InChI=1S/C20H23ClN2O6S2/c1-28-17-6-2-15(3-7-17)12-23-19-13-22(14-20(19)29-10-11-30(23,24)25)31(26,27)18-8-4-16(21)5-9-18/h2-9,19-20H,10-14H2,1H3/t19-,20+/m1/s1. The molecule has 0 saturated carbocycles. The summed E-state index contributed by atoms with van der Waals surface area (Å²) in [5.74, 6) is 0.532. The molecule has 0 radical (unpaired) electrons. The molecule has 0 spiro atoms. The minimum absolute atomic E-state index is 0.0189. The Morgan fingerprint density at radius 3 is 2.42 bits per heavy atom. The van der Waals surface area contributed by atoms with Crippen LogP contribution in [0.1, 0.15) is 5.56 Å². The van der Waals surface area contributed by atoms with Gasteiger partial charge in [0.2, 0.25) is 20.0 Å². The number of benzene rings is 2. The Bertz CT molecular complexity index is 1140. The fraction of sp³-hybridized carbons (Fsp3) is 0.400. The first-order valence-electron chi connectivity index (χ1n) is 9.70. The fourth-order valence-electron chi connectivity index (χ4n) is 3.87. The van der Waals surface area contributed by atoms with E-state index in [0.717, 1.165) is 5.56 Å². The van der Waals surface area contributed by atoms with Crippen molar-refractivity contribution in [2.24, 2.45) is 0 Å². The molecular formula is C20H23ClN2O6S2. The van der Waals surface area contributed by atoms with Gasteiger partial charge in [-0.1, -0.05) is 23.7 Å². The van der Waals surface area contributed by atoms with E-state index in [0.29, 0.717) is 10.8 Å². The highest BCUT2D eigenvalue weighted by Gasteiger charge is 2.47. The SMILES string of the molecule is COc1ccc(CN2[C@@H]3CN(S(=O)(=O)c4ccc(Cl)cc4)C[C@@H]3OCCS2(=O)=O)cc1. The minimum atomic E-state index is -3.81. The highest BCUT2D eigenvalue weighted by molar-refractivity contribution is 7.89. The summed E-state index contributed by atoms with van der Waals surface area (Å²) in [5, 5.41) is 0.436. The van der Waals surface area contributed by atoms with Crippen LogP contribution >= 0.6 is 11.6 Å². The molecule has 2 aromatic carbocycles. The molecular weight excluding hydrogens is 464 g/mol. The molecule has 0 unspecified atom stereocenters. The van der Waals surface area contributed by atoms with Crippen molar-refractivity contribution in [3.05, 3.63) is 59.1 Å². The second-order valence-corrected chi connectivity index (χ2v) is 11.9. The molecule has 2 aliphatic rings. The van der Waals surface area contributed by atoms with Gasteiger partial charge in [-0.05, 0) is 42.0 Å². The monoisotopic (exact) mass is 486 g/mol. The Balaban J connectivity index is 1.62. The molecule has 11 heteroatoms. The Labute approximate surface area is 187 Å². The Morgan fingerprint density at radius 2 is 1.77 bits per heavy atom. The number of sulfonamides is 2. The molecule has 0 N–H and O–H groups in total. The highest BCUT2D eigenvalue weighted by atomic mass is 35.5. The van der Waals surface area contributed by atoms with Crippen molar-refractivity contribution in [3.8, 4) is 5.75 Å². The summed E-state index contributed by atoms with van der Waals surface area (Å²) in [6.07, 6.45) is -0.544. The molecule has 2 atom stereocenters. The Kier molecular flexibility index (Phi) is 6.30. The number of methoxy groups -OCH3 is 1. The smallest absolute Gasteiger partial charge is 0.243 e. The van der Waals surface area contributed by atoms with Gasteiger partial charge in [0.1, 0.15) is 5.75 Å². The zero-order valence-electron chi connectivity index (χ0n) is 16.8. The van der Waals surface area contributed by atoms with Gasteiger partial charge in [-0.25, -0.2) is 16.8 Å². The summed E-state index contributed by atoms with van der Waals surface area (Å²) in [4.78, 5) is 0.109. The van der Waals surface area contributed by atoms with Crippen LogP contribution in [0.2, 0.25) is 5.02 Å². The van der Waals surface area contributed by atoms with Gasteiger partial charge in [0.15, 0.2) is 0 Å². The molecule has 0 bridgehead atoms.